The predicted molar refractivity (Wildman–Crippen MR) is 91.9 cm³/mol. The fourth-order valence-electron chi connectivity index (χ4n) is 3.99. The lowest BCUT2D eigenvalue weighted by atomic mass is 9.74. The zero-order chi connectivity index (χ0) is 16.6. The van der Waals surface area contributed by atoms with E-state index in [4.69, 9.17) is 4.74 Å². The van der Waals surface area contributed by atoms with Gasteiger partial charge in [0.1, 0.15) is 5.75 Å². The molecule has 4 nitrogen and oxygen atoms in total. The fourth-order valence-corrected chi connectivity index (χ4v) is 3.99. The van der Waals surface area contributed by atoms with Crippen molar-refractivity contribution in [2.24, 2.45) is 10.2 Å². The number of carbonyl (C=O) groups excluding carboxylic acids is 1. The summed E-state index contributed by atoms with van der Waals surface area (Å²) in [5.74, 6) is 0.895. The van der Waals surface area contributed by atoms with Gasteiger partial charge in [-0.2, -0.15) is 10.2 Å². The van der Waals surface area contributed by atoms with Gasteiger partial charge in [-0.25, -0.2) is 0 Å². The van der Waals surface area contributed by atoms with Crippen LogP contribution in [0, 0.1) is 0 Å². The van der Waals surface area contributed by atoms with E-state index in [1.165, 1.54) is 0 Å². The number of benzene rings is 2. The molecule has 1 unspecified atom stereocenters. The average molecular weight is 320 g/mol. The van der Waals surface area contributed by atoms with Gasteiger partial charge in [-0.05, 0) is 42.5 Å². The van der Waals surface area contributed by atoms with Crippen molar-refractivity contribution in [3.63, 3.8) is 0 Å². The summed E-state index contributed by atoms with van der Waals surface area (Å²) in [5, 5.41) is 8.82. The third-order valence-electron chi connectivity index (χ3n) is 5.25. The Bertz CT molecular complexity index is 815. The molecule has 2 aliphatic rings. The maximum Gasteiger partial charge on any atom is 0.193 e. The van der Waals surface area contributed by atoms with Crippen LogP contribution < -0.4 is 4.74 Å². The summed E-state index contributed by atoms with van der Waals surface area (Å²) in [5.41, 5.74) is 2.25. The van der Waals surface area contributed by atoms with Gasteiger partial charge >= 0.3 is 0 Å². The quantitative estimate of drug-likeness (QED) is 0.832. The van der Waals surface area contributed by atoms with Crippen molar-refractivity contribution in [3.8, 4) is 5.75 Å². The monoisotopic (exact) mass is 320 g/mol. The van der Waals surface area contributed by atoms with E-state index in [0.717, 1.165) is 41.7 Å². The molecule has 0 saturated heterocycles. The first-order valence-electron chi connectivity index (χ1n) is 8.40. The number of methoxy groups -OCH3 is 1. The van der Waals surface area contributed by atoms with E-state index in [1.807, 2.05) is 36.4 Å². The fraction of sp³-hybridized carbons (Fsp3) is 0.350. The van der Waals surface area contributed by atoms with Crippen molar-refractivity contribution in [2.75, 3.05) is 13.7 Å². The molecule has 1 aliphatic heterocycles. The molecule has 0 radical (unpaired) electrons. The minimum atomic E-state index is -0.765. The van der Waals surface area contributed by atoms with Gasteiger partial charge in [-0.15, -0.1) is 0 Å². The van der Waals surface area contributed by atoms with Gasteiger partial charge in [0.05, 0.1) is 13.7 Å². The highest BCUT2D eigenvalue weighted by Crippen LogP contribution is 2.45. The van der Waals surface area contributed by atoms with E-state index in [2.05, 4.69) is 22.4 Å². The van der Waals surface area contributed by atoms with Gasteiger partial charge in [0, 0.05) is 11.5 Å². The maximum absolute atomic E-state index is 13.4. The van der Waals surface area contributed by atoms with Gasteiger partial charge < -0.3 is 4.74 Å². The van der Waals surface area contributed by atoms with Crippen LogP contribution in [0.15, 0.2) is 58.8 Å². The number of rotatable bonds is 2. The Hall–Kier alpha value is -2.49. The molecule has 0 aromatic heterocycles. The standard InChI is InChI=1S/C20H20N2O2/c1-24-16-9-4-7-15(12-16)18-13-21-22-20(18)11-5-8-14-6-2-3-10-17(14)19(20)23/h2-4,6-7,9-10,12,18H,5,8,11,13H2,1H3/t18-,20?/m0/s1. The van der Waals surface area contributed by atoms with Gasteiger partial charge in [-0.1, -0.05) is 36.4 Å². The number of carbonyl (C=O) groups is 1. The van der Waals surface area contributed by atoms with Crippen LogP contribution in [0.3, 0.4) is 0 Å². The normalized spacial score (nSPS) is 25.5. The molecule has 0 amide bonds. The number of aryl methyl sites for hydroxylation is 1. The Morgan fingerprint density at radius 1 is 1.17 bits per heavy atom. The molecule has 0 bridgehead atoms. The Kier molecular flexibility index (Phi) is 3.68. The van der Waals surface area contributed by atoms with E-state index < -0.39 is 5.54 Å². The van der Waals surface area contributed by atoms with Crippen molar-refractivity contribution in [2.45, 2.75) is 30.7 Å². The molecule has 2 atom stereocenters. The number of hydrogen-bond acceptors (Lipinski definition) is 4. The van der Waals surface area contributed by atoms with Gasteiger partial charge in [-0.3, -0.25) is 4.79 Å². The summed E-state index contributed by atoms with van der Waals surface area (Å²) < 4.78 is 5.35. The first-order chi connectivity index (χ1) is 11.7. The summed E-state index contributed by atoms with van der Waals surface area (Å²) >= 11 is 0. The minimum absolute atomic E-state index is 0.0220. The molecule has 4 heteroatoms. The third-order valence-corrected chi connectivity index (χ3v) is 5.25. The van der Waals surface area contributed by atoms with Crippen molar-refractivity contribution in [3.05, 3.63) is 65.2 Å². The molecule has 1 heterocycles. The lowest BCUT2D eigenvalue weighted by Gasteiger charge is -2.29. The number of ether oxygens (including phenoxy) is 1. The Labute approximate surface area is 141 Å². The molecule has 0 saturated carbocycles. The highest BCUT2D eigenvalue weighted by molar-refractivity contribution is 6.05. The predicted octanol–water partition coefficient (Wildman–Crippen LogP) is 4.20. The summed E-state index contributed by atoms with van der Waals surface area (Å²) in [4.78, 5) is 13.4. The number of nitrogens with zero attached hydrogens (tertiary/aromatic N) is 2. The molecule has 122 valence electrons. The second-order valence-electron chi connectivity index (χ2n) is 6.52. The lowest BCUT2D eigenvalue weighted by Crippen LogP contribution is -2.40. The highest BCUT2D eigenvalue weighted by atomic mass is 16.5. The second kappa shape index (κ2) is 5.86. The van der Waals surface area contributed by atoms with E-state index in [9.17, 15) is 4.79 Å². The zero-order valence-corrected chi connectivity index (χ0v) is 13.7. The van der Waals surface area contributed by atoms with Crippen molar-refractivity contribution >= 4 is 5.78 Å². The highest BCUT2D eigenvalue weighted by Gasteiger charge is 2.51. The first-order valence-corrected chi connectivity index (χ1v) is 8.40. The van der Waals surface area contributed by atoms with E-state index in [0.29, 0.717) is 6.54 Å². The Morgan fingerprint density at radius 2 is 2.04 bits per heavy atom. The topological polar surface area (TPSA) is 51.0 Å². The maximum atomic E-state index is 13.4. The molecule has 24 heavy (non-hydrogen) atoms. The number of Topliss-reactive ketones (excluding diaryl/α,β-unsaturated/α-hetero) is 1. The molecule has 1 spiro atoms. The van der Waals surface area contributed by atoms with Crippen LogP contribution >= 0.6 is 0 Å². The number of fused-ring (bicyclic) bond motifs is 1. The van der Waals surface area contributed by atoms with Crippen LogP contribution in [-0.4, -0.2) is 25.0 Å². The lowest BCUT2D eigenvalue weighted by molar-refractivity contribution is 0.0870. The number of ketones is 1. The largest absolute Gasteiger partial charge is 0.497 e. The van der Waals surface area contributed by atoms with Crippen LogP contribution in [0.4, 0.5) is 0 Å². The summed E-state index contributed by atoms with van der Waals surface area (Å²) in [7, 11) is 1.66. The van der Waals surface area contributed by atoms with Crippen LogP contribution in [0.1, 0.15) is 40.2 Å². The molecule has 4 rings (SSSR count). The number of hydrogen-bond donors (Lipinski definition) is 0. The zero-order valence-electron chi connectivity index (χ0n) is 13.7. The minimum Gasteiger partial charge on any atom is -0.497 e. The molecule has 2 aromatic rings. The molecule has 2 aromatic carbocycles. The van der Waals surface area contributed by atoms with Crippen molar-refractivity contribution < 1.29 is 9.53 Å². The summed E-state index contributed by atoms with van der Waals surface area (Å²) in [6, 6.07) is 15.9. The molecular weight excluding hydrogens is 300 g/mol. The molecule has 0 fully saturated rings. The second-order valence-corrected chi connectivity index (χ2v) is 6.52. The van der Waals surface area contributed by atoms with Gasteiger partial charge in [0.2, 0.25) is 0 Å². The van der Waals surface area contributed by atoms with Crippen LogP contribution in [0.25, 0.3) is 0 Å². The van der Waals surface area contributed by atoms with E-state index in [-0.39, 0.29) is 11.7 Å². The smallest absolute Gasteiger partial charge is 0.193 e. The SMILES string of the molecule is COc1cccc([C@@H]2CN=NC23CCCc2ccccc2C3=O)c1. The van der Waals surface area contributed by atoms with Crippen LogP contribution in [-0.2, 0) is 6.42 Å². The third kappa shape index (κ3) is 2.25. The Balaban J connectivity index is 1.80. The number of azo groups is 1. The van der Waals surface area contributed by atoms with E-state index >= 15 is 0 Å². The molecule has 0 N–H and O–H groups in total. The molecule has 1 aliphatic carbocycles. The van der Waals surface area contributed by atoms with Crippen molar-refractivity contribution in [1.29, 1.82) is 0 Å². The average Bonchev–Trinajstić information content (AvgIpc) is 3.00. The summed E-state index contributed by atoms with van der Waals surface area (Å²) in [6.45, 7) is 0.557. The molecular formula is C20H20N2O2. The van der Waals surface area contributed by atoms with Gasteiger partial charge in [0.25, 0.3) is 0 Å². The summed E-state index contributed by atoms with van der Waals surface area (Å²) in [6.07, 6.45) is 2.61. The van der Waals surface area contributed by atoms with Crippen molar-refractivity contribution in [1.82, 2.24) is 0 Å². The van der Waals surface area contributed by atoms with Crippen LogP contribution in [0.5, 0.6) is 5.75 Å². The van der Waals surface area contributed by atoms with Crippen LogP contribution in [0.2, 0.25) is 0 Å². The van der Waals surface area contributed by atoms with Gasteiger partial charge in [0.15, 0.2) is 11.3 Å². The Morgan fingerprint density at radius 3 is 2.92 bits per heavy atom. The van der Waals surface area contributed by atoms with E-state index in [1.54, 1.807) is 7.11 Å². The first kappa shape index (κ1) is 15.1.